The molecule has 0 spiro atoms. The molecule has 1 aromatic rings. The van der Waals surface area contributed by atoms with Gasteiger partial charge < -0.3 is 11.1 Å². The fourth-order valence-corrected chi connectivity index (χ4v) is 2.04. The van der Waals surface area contributed by atoms with Crippen LogP contribution in [-0.2, 0) is 11.3 Å². The van der Waals surface area contributed by atoms with E-state index in [-0.39, 0.29) is 18.4 Å². The molecule has 0 bridgehead atoms. The molecular formula is C13H17N3O2. The molecule has 2 rings (SSSR count). The molecule has 5 nitrogen and oxygen atoms in total. The van der Waals surface area contributed by atoms with Crippen LogP contribution < -0.4 is 16.0 Å². The van der Waals surface area contributed by atoms with Crippen LogP contribution in [0.25, 0.3) is 0 Å². The maximum atomic E-state index is 12.1. The number of hydrogen-bond donors (Lipinski definition) is 2. The zero-order valence-electron chi connectivity index (χ0n) is 10.6. The Morgan fingerprint density at radius 2 is 2.11 bits per heavy atom. The van der Waals surface area contributed by atoms with Gasteiger partial charge in [0.15, 0.2) is 0 Å². The van der Waals surface area contributed by atoms with E-state index < -0.39 is 5.54 Å². The number of nitrogens with two attached hydrogens (primary N) is 1. The third-order valence-electron chi connectivity index (χ3n) is 2.90. The second-order valence-corrected chi connectivity index (χ2v) is 5.09. The maximum Gasteiger partial charge on any atom is 0.329 e. The second kappa shape index (κ2) is 4.42. The van der Waals surface area contributed by atoms with Gasteiger partial charge in [0.2, 0.25) is 5.91 Å². The molecule has 3 amide bonds. The van der Waals surface area contributed by atoms with Gasteiger partial charge in [0.05, 0.1) is 12.1 Å². The number of carbonyl (C=O) groups excluding carboxylic acids is 2. The van der Waals surface area contributed by atoms with Crippen molar-refractivity contribution in [2.45, 2.75) is 32.4 Å². The normalized spacial score (nSPS) is 18.7. The summed E-state index contributed by atoms with van der Waals surface area (Å²) in [6, 6.07) is 6.76. The standard InChI is InChI=1S/C13H17N3O2/c1-13(2)7-11(17)16(12(18)15-13)10-5-3-4-9(6-10)8-14/h3-6H,7-8,14H2,1-2H3,(H,15,18). The summed E-state index contributed by atoms with van der Waals surface area (Å²) >= 11 is 0. The largest absolute Gasteiger partial charge is 0.332 e. The van der Waals surface area contributed by atoms with Crippen LogP contribution in [0, 0.1) is 0 Å². The fraction of sp³-hybridized carbons (Fsp3) is 0.385. The maximum absolute atomic E-state index is 12.1. The van der Waals surface area contributed by atoms with Crippen molar-refractivity contribution in [2.24, 2.45) is 5.73 Å². The summed E-state index contributed by atoms with van der Waals surface area (Å²) in [6.07, 6.45) is 0.283. The van der Waals surface area contributed by atoms with Crippen LogP contribution in [0.2, 0.25) is 0 Å². The van der Waals surface area contributed by atoms with Crippen LogP contribution in [0.4, 0.5) is 10.5 Å². The van der Waals surface area contributed by atoms with Gasteiger partial charge in [0, 0.05) is 12.1 Å². The Labute approximate surface area is 106 Å². The smallest absolute Gasteiger partial charge is 0.329 e. The molecule has 1 aromatic carbocycles. The Hall–Kier alpha value is -1.88. The minimum atomic E-state index is -0.490. The molecule has 5 heteroatoms. The molecule has 18 heavy (non-hydrogen) atoms. The molecule has 1 fully saturated rings. The van der Waals surface area contributed by atoms with Gasteiger partial charge >= 0.3 is 6.03 Å². The quantitative estimate of drug-likeness (QED) is 0.828. The number of amides is 3. The van der Waals surface area contributed by atoms with E-state index in [9.17, 15) is 9.59 Å². The first-order valence-corrected chi connectivity index (χ1v) is 5.87. The van der Waals surface area contributed by atoms with Crippen molar-refractivity contribution in [1.29, 1.82) is 0 Å². The Morgan fingerprint density at radius 1 is 1.39 bits per heavy atom. The monoisotopic (exact) mass is 247 g/mol. The molecule has 1 aliphatic heterocycles. The third-order valence-corrected chi connectivity index (χ3v) is 2.90. The Balaban J connectivity index is 2.32. The predicted octanol–water partition coefficient (Wildman–Crippen LogP) is 1.37. The van der Waals surface area contributed by atoms with E-state index in [4.69, 9.17) is 5.73 Å². The van der Waals surface area contributed by atoms with E-state index in [1.165, 1.54) is 4.90 Å². The van der Waals surface area contributed by atoms with Gasteiger partial charge in [0.1, 0.15) is 0 Å². The number of benzene rings is 1. The van der Waals surface area contributed by atoms with Gasteiger partial charge in [0.25, 0.3) is 0 Å². The highest BCUT2D eigenvalue weighted by atomic mass is 16.2. The van der Waals surface area contributed by atoms with Gasteiger partial charge in [-0.25, -0.2) is 9.69 Å². The summed E-state index contributed by atoms with van der Waals surface area (Å²) in [5.41, 5.74) is 6.52. The summed E-state index contributed by atoms with van der Waals surface area (Å²) in [5.74, 6) is -0.196. The lowest BCUT2D eigenvalue weighted by atomic mass is 9.97. The summed E-state index contributed by atoms with van der Waals surface area (Å²) in [5, 5.41) is 2.81. The molecule has 1 saturated heterocycles. The topological polar surface area (TPSA) is 75.4 Å². The Bertz CT molecular complexity index is 477. The fourth-order valence-electron chi connectivity index (χ4n) is 2.04. The van der Waals surface area contributed by atoms with E-state index in [1.807, 2.05) is 19.9 Å². The van der Waals surface area contributed by atoms with Crippen LogP contribution >= 0.6 is 0 Å². The number of urea groups is 1. The minimum absolute atomic E-state index is 0.196. The van der Waals surface area contributed by atoms with Crippen LogP contribution in [0.1, 0.15) is 25.8 Å². The van der Waals surface area contributed by atoms with Crippen molar-refractivity contribution in [3.05, 3.63) is 29.8 Å². The van der Waals surface area contributed by atoms with Crippen LogP contribution in [0.5, 0.6) is 0 Å². The number of carbonyl (C=O) groups is 2. The second-order valence-electron chi connectivity index (χ2n) is 5.09. The zero-order valence-corrected chi connectivity index (χ0v) is 10.6. The lowest BCUT2D eigenvalue weighted by Gasteiger charge is -2.36. The summed E-state index contributed by atoms with van der Waals surface area (Å²) in [4.78, 5) is 25.2. The molecule has 0 aromatic heterocycles. The molecule has 0 aliphatic carbocycles. The number of nitrogens with one attached hydrogen (secondary N) is 1. The first kappa shape index (κ1) is 12.6. The lowest BCUT2D eigenvalue weighted by molar-refractivity contribution is -0.119. The highest BCUT2D eigenvalue weighted by Gasteiger charge is 2.37. The van der Waals surface area contributed by atoms with Crippen molar-refractivity contribution in [1.82, 2.24) is 5.32 Å². The zero-order chi connectivity index (χ0) is 13.3. The molecule has 3 N–H and O–H groups in total. The van der Waals surface area contributed by atoms with Crippen LogP contribution in [0.3, 0.4) is 0 Å². The first-order valence-electron chi connectivity index (χ1n) is 5.87. The number of rotatable bonds is 2. The van der Waals surface area contributed by atoms with Crippen LogP contribution in [-0.4, -0.2) is 17.5 Å². The highest BCUT2D eigenvalue weighted by Crippen LogP contribution is 2.24. The molecule has 96 valence electrons. The number of anilines is 1. The van der Waals surface area contributed by atoms with E-state index in [0.717, 1.165) is 5.56 Å². The number of imide groups is 1. The van der Waals surface area contributed by atoms with Crippen LogP contribution in [0.15, 0.2) is 24.3 Å². The SMILES string of the molecule is CC1(C)CC(=O)N(c2cccc(CN)c2)C(=O)N1. The van der Waals surface area contributed by atoms with E-state index in [0.29, 0.717) is 12.2 Å². The molecule has 0 radical (unpaired) electrons. The molecule has 0 saturated carbocycles. The minimum Gasteiger partial charge on any atom is -0.332 e. The van der Waals surface area contributed by atoms with Gasteiger partial charge in [-0.05, 0) is 31.5 Å². The highest BCUT2D eigenvalue weighted by molar-refractivity contribution is 6.16. The van der Waals surface area contributed by atoms with Gasteiger partial charge in [-0.1, -0.05) is 12.1 Å². The lowest BCUT2D eigenvalue weighted by Crippen LogP contribution is -2.59. The van der Waals surface area contributed by atoms with Gasteiger partial charge in [-0.2, -0.15) is 0 Å². The van der Waals surface area contributed by atoms with Crippen molar-refractivity contribution in [3.63, 3.8) is 0 Å². The molecular weight excluding hydrogens is 230 g/mol. The Kier molecular flexibility index (Phi) is 3.09. The van der Waals surface area contributed by atoms with Crippen molar-refractivity contribution >= 4 is 17.6 Å². The molecule has 0 unspecified atom stereocenters. The molecule has 0 atom stereocenters. The van der Waals surface area contributed by atoms with E-state index in [1.54, 1.807) is 18.2 Å². The van der Waals surface area contributed by atoms with E-state index >= 15 is 0 Å². The van der Waals surface area contributed by atoms with Gasteiger partial charge in [-0.15, -0.1) is 0 Å². The van der Waals surface area contributed by atoms with Crippen molar-refractivity contribution < 1.29 is 9.59 Å². The average Bonchev–Trinajstić information content (AvgIpc) is 2.26. The summed E-state index contributed by atoms with van der Waals surface area (Å²) < 4.78 is 0. The molecule has 1 heterocycles. The predicted molar refractivity (Wildman–Crippen MR) is 69.0 cm³/mol. The van der Waals surface area contributed by atoms with Crippen molar-refractivity contribution in [3.8, 4) is 0 Å². The average molecular weight is 247 g/mol. The summed E-state index contributed by atoms with van der Waals surface area (Å²) in [6.45, 7) is 4.04. The first-order chi connectivity index (χ1) is 8.43. The number of nitrogens with zero attached hydrogens (tertiary/aromatic N) is 1. The number of hydrogen-bond acceptors (Lipinski definition) is 3. The van der Waals surface area contributed by atoms with E-state index in [2.05, 4.69) is 5.32 Å². The van der Waals surface area contributed by atoms with Gasteiger partial charge in [-0.3, -0.25) is 4.79 Å². The third kappa shape index (κ3) is 2.36. The molecule has 1 aliphatic rings. The van der Waals surface area contributed by atoms with Crippen molar-refractivity contribution in [2.75, 3.05) is 4.90 Å². The Morgan fingerprint density at radius 3 is 2.72 bits per heavy atom. The summed E-state index contributed by atoms with van der Waals surface area (Å²) in [7, 11) is 0.